The van der Waals surface area contributed by atoms with E-state index in [9.17, 15) is 22.8 Å². The Morgan fingerprint density at radius 2 is 1.46 bits per heavy atom. The number of fused-ring (bicyclic) bond motifs is 1. The van der Waals surface area contributed by atoms with Crippen molar-refractivity contribution < 1.29 is 22.6 Å². The molecule has 0 fully saturated rings. The van der Waals surface area contributed by atoms with Crippen LogP contribution in [0.1, 0.15) is 11.1 Å². The van der Waals surface area contributed by atoms with Gasteiger partial charge < -0.3 is 9.47 Å². The fourth-order valence-corrected chi connectivity index (χ4v) is 5.15. The molecule has 37 heavy (non-hydrogen) atoms. The van der Waals surface area contributed by atoms with E-state index in [2.05, 4.69) is 9.72 Å². The third-order valence-electron chi connectivity index (χ3n) is 5.66. The van der Waals surface area contributed by atoms with Gasteiger partial charge in [0.15, 0.2) is 0 Å². The Morgan fingerprint density at radius 3 is 2.08 bits per heavy atom. The molecule has 0 aliphatic heterocycles. The second-order valence-electron chi connectivity index (χ2n) is 8.21. The molecule has 0 amide bonds. The monoisotopic (exact) mass is 524 g/mol. The average molecular weight is 525 g/mol. The summed E-state index contributed by atoms with van der Waals surface area (Å²) in [6.07, 6.45) is -4.76. The molecule has 0 aliphatic carbocycles. The first-order chi connectivity index (χ1) is 17.7. The maximum Gasteiger partial charge on any atom is 0.573 e. The third-order valence-corrected chi connectivity index (χ3v) is 6.92. The molecule has 5 rings (SSSR count). The molecule has 0 unspecified atom stereocenters. The zero-order valence-electron chi connectivity index (χ0n) is 19.3. The smallest absolute Gasteiger partial charge is 0.457 e. The van der Waals surface area contributed by atoms with Crippen molar-refractivity contribution >= 4 is 21.6 Å². The van der Waals surface area contributed by atoms with Crippen LogP contribution in [0.4, 0.5) is 13.2 Å². The molecule has 0 aliphatic rings. The Balaban J connectivity index is 1.40. The number of aryl methyl sites for hydroxylation is 1. The van der Waals surface area contributed by atoms with Gasteiger partial charge >= 0.3 is 12.1 Å². The van der Waals surface area contributed by atoms with E-state index in [0.29, 0.717) is 21.7 Å². The van der Waals surface area contributed by atoms with Crippen LogP contribution < -0.4 is 20.7 Å². The number of hydrogen-bond acceptors (Lipinski definition) is 5. The van der Waals surface area contributed by atoms with E-state index < -0.39 is 12.1 Å². The van der Waals surface area contributed by atoms with Crippen LogP contribution >= 0.6 is 11.3 Å². The molecule has 0 saturated heterocycles. The molecule has 0 spiro atoms. The van der Waals surface area contributed by atoms with Crippen LogP contribution in [0.5, 0.6) is 17.2 Å². The second-order valence-corrected chi connectivity index (χ2v) is 9.23. The minimum absolute atomic E-state index is 0.172. The lowest BCUT2D eigenvalue weighted by Gasteiger charge is -2.10. The van der Waals surface area contributed by atoms with Crippen molar-refractivity contribution in [1.82, 2.24) is 9.55 Å². The summed E-state index contributed by atoms with van der Waals surface area (Å²) in [5, 5.41) is 0.469. The van der Waals surface area contributed by atoms with Crippen LogP contribution in [0.2, 0.25) is 0 Å². The van der Waals surface area contributed by atoms with E-state index in [4.69, 9.17) is 4.74 Å². The number of alkyl halides is 3. The van der Waals surface area contributed by atoms with Crippen molar-refractivity contribution in [2.24, 2.45) is 0 Å². The summed E-state index contributed by atoms with van der Waals surface area (Å²) < 4.78 is 47.7. The first-order valence-electron chi connectivity index (χ1n) is 11.1. The maximum atomic E-state index is 13.2. The average Bonchev–Trinajstić information content (AvgIpc) is 3.19. The quantitative estimate of drug-likeness (QED) is 0.277. The van der Waals surface area contributed by atoms with Gasteiger partial charge in [0.05, 0.1) is 11.9 Å². The molecule has 1 N–H and O–H groups in total. The molecular formula is C27H19F3N2O4S. The molecular weight excluding hydrogens is 505 g/mol. The van der Waals surface area contributed by atoms with Crippen molar-refractivity contribution in [3.05, 3.63) is 111 Å². The van der Waals surface area contributed by atoms with Crippen molar-refractivity contribution in [3.8, 4) is 27.7 Å². The number of ether oxygens (including phenoxy) is 2. The molecule has 0 bridgehead atoms. The first kappa shape index (κ1) is 24.4. The van der Waals surface area contributed by atoms with Gasteiger partial charge in [-0.2, -0.15) is 0 Å². The summed E-state index contributed by atoms with van der Waals surface area (Å²) in [5.74, 6) is 0.485. The van der Waals surface area contributed by atoms with E-state index in [1.807, 2.05) is 49.4 Å². The Kier molecular flexibility index (Phi) is 6.34. The van der Waals surface area contributed by atoms with E-state index in [0.717, 1.165) is 21.6 Å². The minimum Gasteiger partial charge on any atom is -0.457 e. The van der Waals surface area contributed by atoms with Gasteiger partial charge in [0, 0.05) is 4.88 Å². The van der Waals surface area contributed by atoms with Crippen molar-refractivity contribution in [1.29, 1.82) is 0 Å². The zero-order chi connectivity index (χ0) is 26.2. The number of nitrogens with zero attached hydrogens (tertiary/aromatic N) is 1. The summed E-state index contributed by atoms with van der Waals surface area (Å²) in [4.78, 5) is 30.1. The number of thiophene rings is 1. The van der Waals surface area contributed by atoms with Gasteiger partial charge in [-0.25, -0.2) is 4.79 Å². The van der Waals surface area contributed by atoms with Gasteiger partial charge in [-0.05, 0) is 72.1 Å². The molecule has 3 aromatic carbocycles. The Bertz CT molecular complexity index is 1670. The number of aromatic amines is 1. The molecule has 188 valence electrons. The van der Waals surface area contributed by atoms with Crippen LogP contribution in [0.15, 0.2) is 88.5 Å². The van der Waals surface area contributed by atoms with Crippen LogP contribution in [-0.2, 0) is 6.54 Å². The molecule has 10 heteroatoms. The summed E-state index contributed by atoms with van der Waals surface area (Å²) >= 11 is 1.32. The van der Waals surface area contributed by atoms with Gasteiger partial charge in [-0.3, -0.25) is 14.3 Å². The normalized spacial score (nSPS) is 11.6. The number of aromatic nitrogens is 2. The van der Waals surface area contributed by atoms with Crippen molar-refractivity contribution in [2.45, 2.75) is 19.8 Å². The van der Waals surface area contributed by atoms with Gasteiger partial charge in [0.2, 0.25) is 0 Å². The Labute approximate surface area is 212 Å². The van der Waals surface area contributed by atoms with E-state index >= 15 is 0 Å². The first-order valence-corrected chi connectivity index (χ1v) is 11.9. The molecule has 2 aromatic heterocycles. The molecule has 5 aromatic rings. The molecule has 2 heterocycles. The van der Waals surface area contributed by atoms with Gasteiger partial charge in [0.25, 0.3) is 5.56 Å². The number of nitrogens with one attached hydrogen (secondary N) is 1. The van der Waals surface area contributed by atoms with Gasteiger partial charge in [0.1, 0.15) is 22.1 Å². The van der Waals surface area contributed by atoms with E-state index in [-0.39, 0.29) is 17.9 Å². The van der Waals surface area contributed by atoms with Gasteiger partial charge in [-0.15, -0.1) is 24.5 Å². The minimum atomic E-state index is -4.76. The zero-order valence-corrected chi connectivity index (χ0v) is 20.2. The summed E-state index contributed by atoms with van der Waals surface area (Å²) in [6.45, 7) is 2.01. The molecule has 0 atom stereocenters. The maximum absolute atomic E-state index is 13.2. The molecule has 0 saturated carbocycles. The highest BCUT2D eigenvalue weighted by Gasteiger charge is 2.31. The van der Waals surface area contributed by atoms with Crippen molar-refractivity contribution in [3.63, 3.8) is 0 Å². The largest absolute Gasteiger partial charge is 0.573 e. The Hall–Kier alpha value is -4.31. The highest BCUT2D eigenvalue weighted by molar-refractivity contribution is 7.22. The predicted molar refractivity (Wildman–Crippen MR) is 136 cm³/mol. The standard InChI is InChI=1S/C27H19F3N2O4S/c1-16-22-24(31-26(34)32(25(22)33)15-17-5-3-2-4-6-17)37-23(16)18-7-9-19(10-8-18)35-20-11-13-21(14-12-20)36-27(28,29)30/h2-14H,15H2,1H3,(H,31,34). The third kappa shape index (κ3) is 5.29. The molecule has 6 nitrogen and oxygen atoms in total. The van der Waals surface area contributed by atoms with Crippen LogP contribution in [0.3, 0.4) is 0 Å². The number of benzene rings is 3. The summed E-state index contributed by atoms with van der Waals surface area (Å²) in [5.41, 5.74) is 1.62. The lowest BCUT2D eigenvalue weighted by Crippen LogP contribution is -2.35. The van der Waals surface area contributed by atoms with E-state index in [1.54, 1.807) is 12.1 Å². The lowest BCUT2D eigenvalue weighted by molar-refractivity contribution is -0.274. The highest BCUT2D eigenvalue weighted by Crippen LogP contribution is 2.36. The Morgan fingerprint density at radius 1 is 0.865 bits per heavy atom. The lowest BCUT2D eigenvalue weighted by atomic mass is 10.1. The number of rotatable bonds is 6. The van der Waals surface area contributed by atoms with Crippen LogP contribution in [0, 0.1) is 6.92 Å². The fourth-order valence-electron chi connectivity index (χ4n) is 3.96. The SMILES string of the molecule is Cc1c(-c2ccc(Oc3ccc(OC(F)(F)F)cc3)cc2)sc2[nH]c(=O)n(Cc3ccccc3)c(=O)c12. The highest BCUT2D eigenvalue weighted by atomic mass is 32.1. The predicted octanol–water partition coefficient (Wildman–Crippen LogP) is 6.47. The second kappa shape index (κ2) is 9.62. The van der Waals surface area contributed by atoms with E-state index in [1.165, 1.54) is 40.2 Å². The summed E-state index contributed by atoms with van der Waals surface area (Å²) in [6, 6.07) is 21.4. The summed E-state index contributed by atoms with van der Waals surface area (Å²) in [7, 11) is 0. The topological polar surface area (TPSA) is 73.3 Å². The molecule has 0 radical (unpaired) electrons. The number of hydrogen-bond donors (Lipinski definition) is 1. The number of halogens is 3. The number of H-pyrrole nitrogens is 1. The fraction of sp³-hybridized carbons (Fsp3) is 0.111. The van der Waals surface area contributed by atoms with Crippen molar-refractivity contribution in [2.75, 3.05) is 0 Å². The van der Waals surface area contributed by atoms with Crippen LogP contribution in [-0.4, -0.2) is 15.9 Å². The van der Waals surface area contributed by atoms with Gasteiger partial charge in [-0.1, -0.05) is 30.3 Å². The van der Waals surface area contributed by atoms with Crippen LogP contribution in [0.25, 0.3) is 20.7 Å².